The lowest BCUT2D eigenvalue weighted by atomic mass is 9.90. The SMILES string of the molecule is COc1cc(N)c(C=NC2CCC3(CC2)OCCO3)cc1NC(=O)c1cccc(C(F)(F)F)n1. The number of amides is 1. The average Bonchev–Trinajstić information content (AvgIpc) is 3.27. The van der Waals surface area contributed by atoms with E-state index in [9.17, 15) is 18.0 Å². The Labute approximate surface area is 194 Å². The fraction of sp³-hybridized carbons (Fsp3) is 0.435. The number of benzene rings is 1. The number of halogens is 3. The molecule has 0 atom stereocenters. The van der Waals surface area contributed by atoms with Crippen LogP contribution in [0.25, 0.3) is 0 Å². The summed E-state index contributed by atoms with van der Waals surface area (Å²) in [5, 5.41) is 2.55. The number of pyridine rings is 1. The van der Waals surface area contributed by atoms with Crippen LogP contribution in [0, 0.1) is 0 Å². The summed E-state index contributed by atoms with van der Waals surface area (Å²) in [6, 6.07) is 6.28. The van der Waals surface area contributed by atoms with Gasteiger partial charge in [-0.3, -0.25) is 9.79 Å². The summed E-state index contributed by atoms with van der Waals surface area (Å²) in [4.78, 5) is 20.6. The number of aromatic nitrogens is 1. The van der Waals surface area contributed by atoms with Gasteiger partial charge in [0.1, 0.15) is 17.1 Å². The quantitative estimate of drug-likeness (QED) is 0.496. The van der Waals surface area contributed by atoms with Crippen LogP contribution in [-0.4, -0.2) is 49.3 Å². The second-order valence-electron chi connectivity index (χ2n) is 8.16. The fourth-order valence-electron chi connectivity index (χ4n) is 4.06. The number of carbonyl (C=O) groups is 1. The summed E-state index contributed by atoms with van der Waals surface area (Å²) in [7, 11) is 1.39. The van der Waals surface area contributed by atoms with Crippen molar-refractivity contribution in [2.24, 2.45) is 4.99 Å². The van der Waals surface area contributed by atoms with E-state index >= 15 is 0 Å². The number of nitrogen functional groups attached to an aromatic ring is 1. The predicted molar refractivity (Wildman–Crippen MR) is 119 cm³/mol. The van der Waals surface area contributed by atoms with Crippen molar-refractivity contribution in [2.45, 2.75) is 43.7 Å². The number of methoxy groups -OCH3 is 1. The van der Waals surface area contributed by atoms with Gasteiger partial charge in [-0.25, -0.2) is 4.98 Å². The Balaban J connectivity index is 1.49. The maximum atomic E-state index is 12.9. The maximum absolute atomic E-state index is 12.9. The molecule has 1 saturated heterocycles. The zero-order valence-electron chi connectivity index (χ0n) is 18.5. The molecule has 11 heteroatoms. The van der Waals surface area contributed by atoms with Crippen molar-refractivity contribution in [1.82, 2.24) is 4.98 Å². The summed E-state index contributed by atoms with van der Waals surface area (Å²) < 4.78 is 55.6. The van der Waals surface area contributed by atoms with Crippen LogP contribution in [0.4, 0.5) is 24.5 Å². The molecule has 1 saturated carbocycles. The van der Waals surface area contributed by atoms with Crippen LogP contribution in [-0.2, 0) is 15.7 Å². The molecule has 0 unspecified atom stereocenters. The van der Waals surface area contributed by atoms with Crippen molar-refractivity contribution >= 4 is 23.5 Å². The molecular formula is C23H25F3N4O4. The molecule has 1 amide bonds. The molecule has 2 heterocycles. The number of rotatable bonds is 5. The number of alkyl halides is 3. The van der Waals surface area contributed by atoms with Crippen molar-refractivity contribution in [3.05, 3.63) is 47.3 Å². The van der Waals surface area contributed by atoms with E-state index in [0.717, 1.165) is 37.8 Å². The molecule has 1 aromatic carbocycles. The Bertz CT molecular complexity index is 1070. The summed E-state index contributed by atoms with van der Waals surface area (Å²) >= 11 is 0. The number of nitrogens with one attached hydrogen (secondary N) is 1. The highest BCUT2D eigenvalue weighted by atomic mass is 19.4. The molecule has 2 aromatic rings. The van der Waals surface area contributed by atoms with E-state index in [4.69, 9.17) is 19.9 Å². The lowest BCUT2D eigenvalue weighted by molar-refractivity contribution is -0.178. The van der Waals surface area contributed by atoms with Gasteiger partial charge in [-0.2, -0.15) is 13.2 Å². The van der Waals surface area contributed by atoms with Crippen LogP contribution in [0.5, 0.6) is 5.75 Å². The predicted octanol–water partition coefficient (Wildman–Crippen LogP) is 4.05. The van der Waals surface area contributed by atoms with E-state index < -0.39 is 23.6 Å². The Morgan fingerprint density at radius 2 is 1.97 bits per heavy atom. The molecule has 4 rings (SSSR count). The zero-order valence-corrected chi connectivity index (χ0v) is 18.5. The molecule has 34 heavy (non-hydrogen) atoms. The first-order chi connectivity index (χ1) is 16.2. The molecule has 2 aliphatic rings. The van der Waals surface area contributed by atoms with Crippen molar-refractivity contribution in [3.63, 3.8) is 0 Å². The third-order valence-electron chi connectivity index (χ3n) is 5.88. The highest BCUT2D eigenvalue weighted by molar-refractivity contribution is 6.04. The van der Waals surface area contributed by atoms with Gasteiger partial charge in [0.2, 0.25) is 0 Å². The molecule has 1 spiro atoms. The lowest BCUT2D eigenvalue weighted by Crippen LogP contribution is -2.36. The summed E-state index contributed by atoms with van der Waals surface area (Å²) in [6.07, 6.45) is 0.102. The second-order valence-corrected chi connectivity index (χ2v) is 8.16. The molecule has 0 bridgehead atoms. The van der Waals surface area contributed by atoms with Crippen molar-refractivity contribution in [3.8, 4) is 5.75 Å². The minimum atomic E-state index is -4.66. The van der Waals surface area contributed by atoms with E-state index in [-0.39, 0.29) is 23.2 Å². The minimum absolute atomic E-state index is 0.0762. The Morgan fingerprint density at radius 1 is 1.26 bits per heavy atom. The largest absolute Gasteiger partial charge is 0.494 e. The Kier molecular flexibility index (Phi) is 6.76. The number of hydrogen-bond acceptors (Lipinski definition) is 7. The summed E-state index contributed by atoms with van der Waals surface area (Å²) in [6.45, 7) is 1.22. The van der Waals surface area contributed by atoms with E-state index in [1.54, 1.807) is 12.3 Å². The van der Waals surface area contributed by atoms with Crippen LogP contribution < -0.4 is 15.8 Å². The van der Waals surface area contributed by atoms with Crippen molar-refractivity contribution < 1.29 is 32.2 Å². The molecule has 0 radical (unpaired) electrons. The number of nitrogens with two attached hydrogens (primary N) is 1. The molecule has 182 valence electrons. The van der Waals surface area contributed by atoms with E-state index in [0.29, 0.717) is 24.5 Å². The highest BCUT2D eigenvalue weighted by Crippen LogP contribution is 2.37. The average molecular weight is 478 g/mol. The topological polar surface area (TPSA) is 108 Å². The van der Waals surface area contributed by atoms with Crippen LogP contribution in [0.2, 0.25) is 0 Å². The van der Waals surface area contributed by atoms with Gasteiger partial charge in [-0.05, 0) is 31.0 Å². The third-order valence-corrected chi connectivity index (χ3v) is 5.88. The van der Waals surface area contributed by atoms with Crippen LogP contribution >= 0.6 is 0 Å². The normalized spacial score (nSPS) is 18.5. The van der Waals surface area contributed by atoms with Gasteiger partial charge in [0.05, 0.1) is 32.1 Å². The molecule has 8 nitrogen and oxygen atoms in total. The van der Waals surface area contributed by atoms with Gasteiger partial charge in [-0.1, -0.05) is 6.07 Å². The standard InChI is InChI=1S/C23H25F3N4O4/c1-32-19-12-16(27)14(13-28-15-5-7-22(8-6-15)33-9-10-34-22)11-18(19)30-21(31)17-3-2-4-20(29-17)23(24,25)26/h2-4,11-13,15H,5-10,27H2,1H3,(H,30,31). The molecule has 2 fully saturated rings. The number of hydrogen-bond donors (Lipinski definition) is 2. The minimum Gasteiger partial charge on any atom is -0.494 e. The van der Waals surface area contributed by atoms with E-state index in [2.05, 4.69) is 15.3 Å². The van der Waals surface area contributed by atoms with Crippen molar-refractivity contribution in [1.29, 1.82) is 0 Å². The molecular weight excluding hydrogens is 453 g/mol. The third kappa shape index (κ3) is 5.31. The van der Waals surface area contributed by atoms with E-state index in [1.807, 2.05) is 0 Å². The monoisotopic (exact) mass is 478 g/mol. The van der Waals surface area contributed by atoms with Crippen LogP contribution in [0.1, 0.15) is 47.4 Å². The second kappa shape index (κ2) is 9.59. The lowest BCUT2D eigenvalue weighted by Gasteiger charge is -2.33. The van der Waals surface area contributed by atoms with Gasteiger partial charge >= 0.3 is 6.18 Å². The first-order valence-corrected chi connectivity index (χ1v) is 10.8. The number of aliphatic imine (C=N–C) groups is 1. The van der Waals surface area contributed by atoms with Gasteiger partial charge in [0.25, 0.3) is 5.91 Å². The molecule has 1 aliphatic carbocycles. The smallest absolute Gasteiger partial charge is 0.433 e. The van der Waals surface area contributed by atoms with Gasteiger partial charge in [0.15, 0.2) is 5.79 Å². The molecule has 1 aromatic heterocycles. The van der Waals surface area contributed by atoms with Gasteiger partial charge in [0, 0.05) is 36.4 Å². The number of carbonyl (C=O) groups excluding carboxylic acids is 1. The first kappa shape index (κ1) is 24.0. The summed E-state index contributed by atoms with van der Waals surface area (Å²) in [5.74, 6) is -1.03. The van der Waals surface area contributed by atoms with Crippen LogP contribution in [0.15, 0.2) is 35.3 Å². The summed E-state index contributed by atoms with van der Waals surface area (Å²) in [5.41, 5.74) is 5.75. The highest BCUT2D eigenvalue weighted by Gasteiger charge is 2.40. The van der Waals surface area contributed by atoms with E-state index in [1.165, 1.54) is 19.2 Å². The van der Waals surface area contributed by atoms with Gasteiger partial charge in [-0.15, -0.1) is 0 Å². The first-order valence-electron chi connectivity index (χ1n) is 10.8. The Hall–Kier alpha value is -3.18. The maximum Gasteiger partial charge on any atom is 0.433 e. The number of nitrogens with zero attached hydrogens (tertiary/aromatic N) is 2. The molecule has 3 N–H and O–H groups in total. The zero-order chi connectivity index (χ0) is 24.3. The molecule has 1 aliphatic heterocycles. The number of anilines is 2. The van der Waals surface area contributed by atoms with Gasteiger partial charge < -0.3 is 25.3 Å². The van der Waals surface area contributed by atoms with Crippen LogP contribution in [0.3, 0.4) is 0 Å². The Morgan fingerprint density at radius 3 is 2.62 bits per heavy atom. The van der Waals surface area contributed by atoms with Crippen molar-refractivity contribution in [2.75, 3.05) is 31.4 Å². The number of ether oxygens (including phenoxy) is 3. The fourth-order valence-corrected chi connectivity index (χ4v) is 4.06.